The number of ketones is 1. The highest BCUT2D eigenvalue weighted by atomic mass is 19.1. The molecular formula is C25H17FN8O. The first-order chi connectivity index (χ1) is 17.1. The number of rotatable bonds is 6. The smallest absolute Gasteiger partial charge is 0.183 e. The van der Waals surface area contributed by atoms with E-state index in [1.807, 2.05) is 24.3 Å². The number of aromatic nitrogens is 7. The molecule has 0 amide bonds. The summed E-state index contributed by atoms with van der Waals surface area (Å²) in [5, 5.41) is 18.9. The van der Waals surface area contributed by atoms with Gasteiger partial charge >= 0.3 is 0 Å². The Kier molecular flexibility index (Phi) is 4.95. The third-order valence-corrected chi connectivity index (χ3v) is 5.64. The number of carbonyl (C=O) groups excluding carboxylic acids is 1. The Morgan fingerprint density at radius 3 is 2.77 bits per heavy atom. The fraction of sp³-hybridized carbons (Fsp3) is 0.0400. The molecule has 0 unspecified atom stereocenters. The third kappa shape index (κ3) is 4.08. The number of nitrogens with zero attached hydrogens (tertiary/aromatic N) is 5. The number of fused-ring (bicyclic) bond motifs is 2. The lowest BCUT2D eigenvalue weighted by molar-refractivity contribution is 0.0989. The summed E-state index contributed by atoms with van der Waals surface area (Å²) in [6, 6.07) is 14.0. The Morgan fingerprint density at radius 1 is 0.943 bits per heavy atom. The van der Waals surface area contributed by atoms with Gasteiger partial charge in [-0.05, 0) is 35.9 Å². The predicted molar refractivity (Wildman–Crippen MR) is 129 cm³/mol. The number of halogens is 1. The lowest BCUT2D eigenvalue weighted by Gasteiger charge is -2.08. The average Bonchev–Trinajstić information content (AvgIpc) is 3.51. The fourth-order valence-electron chi connectivity index (χ4n) is 3.89. The molecule has 35 heavy (non-hydrogen) atoms. The van der Waals surface area contributed by atoms with Crippen molar-refractivity contribution in [1.29, 1.82) is 0 Å². The van der Waals surface area contributed by atoms with Gasteiger partial charge in [0, 0.05) is 46.7 Å². The van der Waals surface area contributed by atoms with E-state index in [1.165, 1.54) is 6.07 Å². The molecule has 4 aromatic heterocycles. The molecule has 4 heterocycles. The topological polar surface area (TPSA) is 125 Å². The highest BCUT2D eigenvalue weighted by Crippen LogP contribution is 2.27. The molecule has 0 atom stereocenters. The van der Waals surface area contributed by atoms with Gasteiger partial charge in [-0.25, -0.2) is 14.4 Å². The minimum atomic E-state index is -0.422. The van der Waals surface area contributed by atoms with E-state index < -0.39 is 5.82 Å². The van der Waals surface area contributed by atoms with Crippen LogP contribution >= 0.6 is 0 Å². The van der Waals surface area contributed by atoms with Crippen LogP contribution in [0.5, 0.6) is 0 Å². The third-order valence-electron chi connectivity index (χ3n) is 5.64. The molecule has 9 nitrogen and oxygen atoms in total. The number of carbonyl (C=O) groups is 1. The van der Waals surface area contributed by atoms with Crippen LogP contribution in [0.4, 0.5) is 15.9 Å². The molecule has 2 aromatic carbocycles. The molecule has 170 valence electrons. The van der Waals surface area contributed by atoms with E-state index in [2.05, 4.69) is 40.7 Å². The van der Waals surface area contributed by atoms with Crippen LogP contribution in [0.1, 0.15) is 16.1 Å². The average molecular weight is 464 g/mol. The number of hydrogen-bond donors (Lipinski definition) is 3. The monoisotopic (exact) mass is 464 g/mol. The zero-order valence-corrected chi connectivity index (χ0v) is 18.2. The first kappa shape index (κ1) is 20.6. The van der Waals surface area contributed by atoms with E-state index in [0.29, 0.717) is 22.9 Å². The van der Waals surface area contributed by atoms with Gasteiger partial charge < -0.3 is 10.3 Å². The van der Waals surface area contributed by atoms with E-state index in [-0.39, 0.29) is 17.9 Å². The van der Waals surface area contributed by atoms with Gasteiger partial charge in [-0.3, -0.25) is 9.89 Å². The number of anilines is 2. The highest BCUT2D eigenvalue weighted by molar-refractivity contribution is 6.01. The normalized spacial score (nSPS) is 11.2. The molecule has 0 bridgehead atoms. The Labute approximate surface area is 197 Å². The van der Waals surface area contributed by atoms with Crippen molar-refractivity contribution in [2.45, 2.75) is 6.42 Å². The van der Waals surface area contributed by atoms with E-state index in [4.69, 9.17) is 0 Å². The lowest BCUT2D eigenvalue weighted by Crippen LogP contribution is -2.04. The maximum Gasteiger partial charge on any atom is 0.183 e. The maximum absolute atomic E-state index is 14.5. The number of H-pyrrole nitrogens is 2. The van der Waals surface area contributed by atoms with Crippen molar-refractivity contribution in [3.63, 3.8) is 0 Å². The van der Waals surface area contributed by atoms with E-state index in [1.54, 1.807) is 43.0 Å². The number of nitrogens with one attached hydrogen (secondary N) is 3. The Bertz CT molecular complexity index is 1690. The molecule has 0 radical (unpaired) electrons. The maximum atomic E-state index is 14.5. The van der Waals surface area contributed by atoms with Crippen molar-refractivity contribution in [3.05, 3.63) is 90.4 Å². The molecular weight excluding hydrogens is 447 g/mol. The second-order valence-electron chi connectivity index (χ2n) is 8.02. The van der Waals surface area contributed by atoms with Crippen molar-refractivity contribution in [2.75, 3.05) is 5.32 Å². The zero-order valence-electron chi connectivity index (χ0n) is 18.2. The SMILES string of the molecule is O=C(Cc1ccnnc1)c1cc2ccc(-c3nccc(Nc4cc5cn[nH]c5cc4F)n3)cc2[nH]1. The summed E-state index contributed by atoms with van der Waals surface area (Å²) < 4.78 is 14.5. The van der Waals surface area contributed by atoms with Crippen LogP contribution in [-0.2, 0) is 6.42 Å². The van der Waals surface area contributed by atoms with E-state index >= 15 is 0 Å². The standard InChI is InChI=1S/C25H17FN8O/c26-18-11-20-17(13-30-34-20)10-21(18)32-24-4-5-27-25(33-24)16-2-1-15-8-22(31-19(15)9-16)23(35)7-14-3-6-28-29-12-14/h1-6,8-13,31H,7H2,(H,30,34)(H,27,32,33). The molecule has 0 aliphatic carbocycles. The molecule has 0 aliphatic heterocycles. The van der Waals surface area contributed by atoms with Crippen LogP contribution in [0, 0.1) is 5.82 Å². The van der Waals surface area contributed by atoms with Crippen LogP contribution in [-0.4, -0.2) is 41.1 Å². The van der Waals surface area contributed by atoms with Crippen LogP contribution in [0.3, 0.4) is 0 Å². The molecule has 10 heteroatoms. The summed E-state index contributed by atoms with van der Waals surface area (Å²) in [6.07, 6.45) is 6.61. The van der Waals surface area contributed by atoms with Crippen LogP contribution in [0.15, 0.2) is 73.3 Å². The molecule has 0 spiro atoms. The van der Waals surface area contributed by atoms with Crippen molar-refractivity contribution in [3.8, 4) is 11.4 Å². The molecule has 3 N–H and O–H groups in total. The second kappa shape index (κ2) is 8.41. The molecule has 0 saturated heterocycles. The summed E-state index contributed by atoms with van der Waals surface area (Å²) in [4.78, 5) is 24.8. The number of hydrogen-bond acceptors (Lipinski definition) is 7. The largest absolute Gasteiger partial charge is 0.352 e. The van der Waals surface area contributed by atoms with Crippen molar-refractivity contribution >= 4 is 39.1 Å². The summed E-state index contributed by atoms with van der Waals surface area (Å²) in [7, 11) is 0. The van der Waals surface area contributed by atoms with E-state index in [9.17, 15) is 9.18 Å². The van der Waals surface area contributed by atoms with Gasteiger partial charge in [-0.15, -0.1) is 0 Å². The van der Waals surface area contributed by atoms with Gasteiger partial charge in [0.25, 0.3) is 0 Å². The van der Waals surface area contributed by atoms with Gasteiger partial charge in [0.15, 0.2) is 11.6 Å². The van der Waals surface area contributed by atoms with Crippen molar-refractivity contribution in [1.82, 2.24) is 35.3 Å². The van der Waals surface area contributed by atoms with Crippen molar-refractivity contribution in [2.24, 2.45) is 0 Å². The number of Topliss-reactive ketones (excluding diaryl/α,β-unsaturated/α-hetero) is 1. The second-order valence-corrected chi connectivity index (χ2v) is 8.02. The molecule has 0 saturated carbocycles. The Balaban J connectivity index is 1.27. The van der Waals surface area contributed by atoms with E-state index in [0.717, 1.165) is 27.4 Å². The molecule has 0 aliphatic rings. The molecule has 6 aromatic rings. The molecule has 6 rings (SSSR count). The predicted octanol–water partition coefficient (Wildman–Crippen LogP) is 4.60. The summed E-state index contributed by atoms with van der Waals surface area (Å²) in [6.45, 7) is 0. The Morgan fingerprint density at radius 2 is 1.89 bits per heavy atom. The quantitative estimate of drug-likeness (QED) is 0.308. The minimum Gasteiger partial charge on any atom is -0.352 e. The van der Waals surface area contributed by atoms with Gasteiger partial charge in [0.1, 0.15) is 11.6 Å². The highest BCUT2D eigenvalue weighted by Gasteiger charge is 2.13. The summed E-state index contributed by atoms with van der Waals surface area (Å²) >= 11 is 0. The zero-order chi connectivity index (χ0) is 23.8. The number of aromatic amines is 2. The van der Waals surface area contributed by atoms with Crippen LogP contribution < -0.4 is 5.32 Å². The summed E-state index contributed by atoms with van der Waals surface area (Å²) in [5.41, 5.74) is 3.76. The van der Waals surface area contributed by atoms with Gasteiger partial charge in [-0.2, -0.15) is 15.3 Å². The lowest BCUT2D eigenvalue weighted by atomic mass is 10.1. The van der Waals surface area contributed by atoms with Gasteiger partial charge in [-0.1, -0.05) is 12.1 Å². The minimum absolute atomic E-state index is 0.0465. The first-order valence-corrected chi connectivity index (χ1v) is 10.8. The fourth-order valence-corrected chi connectivity index (χ4v) is 3.89. The first-order valence-electron chi connectivity index (χ1n) is 10.8. The van der Waals surface area contributed by atoms with Crippen molar-refractivity contribution < 1.29 is 9.18 Å². The number of benzene rings is 2. The van der Waals surface area contributed by atoms with Gasteiger partial charge in [0.05, 0.1) is 29.3 Å². The van der Waals surface area contributed by atoms with Crippen LogP contribution in [0.25, 0.3) is 33.2 Å². The Hall–Kier alpha value is -4.99. The summed E-state index contributed by atoms with van der Waals surface area (Å²) in [5.74, 6) is 0.446. The van der Waals surface area contributed by atoms with Crippen LogP contribution in [0.2, 0.25) is 0 Å². The molecule has 0 fully saturated rings. The van der Waals surface area contributed by atoms with Gasteiger partial charge in [0.2, 0.25) is 0 Å².